The minimum Gasteiger partial charge on any atom is -0.501 e. The Balaban J connectivity index is 1.86. The monoisotopic (exact) mass is 363 g/mol. The maximum Gasteiger partial charge on any atom is 0.407 e. The number of nitro groups is 1. The van der Waals surface area contributed by atoms with Crippen molar-refractivity contribution < 1.29 is 29.8 Å². The zero-order valence-electron chi connectivity index (χ0n) is 13.5. The second kappa shape index (κ2) is 8.74. The molecule has 0 saturated carbocycles. The summed E-state index contributed by atoms with van der Waals surface area (Å²) in [5.41, 5.74) is 0.560. The van der Waals surface area contributed by atoms with Crippen molar-refractivity contribution in [3.8, 4) is 5.75 Å². The molecule has 0 spiro atoms. The molecule has 138 valence electrons. The number of ether oxygens (including phenoxy) is 1. The number of hydrogen-bond acceptors (Lipinski definition) is 8. The summed E-state index contributed by atoms with van der Waals surface area (Å²) in [7, 11) is 0. The number of alkyl carbamates (subject to hydrolysis) is 1. The van der Waals surface area contributed by atoms with Crippen molar-refractivity contribution in [2.45, 2.75) is 18.8 Å². The number of amides is 1. The molecule has 2 aromatic rings. The zero-order chi connectivity index (χ0) is 19.1. The number of carbonyl (C=O) groups is 1. The fourth-order valence-corrected chi connectivity index (χ4v) is 2.03. The molecule has 0 saturated heterocycles. The standard InChI is InChI=1S/C16H17N3O7/c20-12-7-6-11(18-15(12)19(24)25)14(22)13(21)8-17-16(23)26-9-10-4-2-1-3-5-10/h1-7,13-14,20-22H,8-9H2,(H,17,23). The van der Waals surface area contributed by atoms with Gasteiger partial charge in [0.25, 0.3) is 0 Å². The van der Waals surface area contributed by atoms with Gasteiger partial charge in [-0.2, -0.15) is 0 Å². The summed E-state index contributed by atoms with van der Waals surface area (Å²) in [6, 6.07) is 11.1. The van der Waals surface area contributed by atoms with E-state index < -0.39 is 34.8 Å². The third kappa shape index (κ3) is 5.13. The average molecular weight is 363 g/mol. The van der Waals surface area contributed by atoms with Gasteiger partial charge in [-0.25, -0.2) is 4.79 Å². The first-order chi connectivity index (χ1) is 12.4. The first-order valence-corrected chi connectivity index (χ1v) is 7.53. The second-order valence-corrected chi connectivity index (χ2v) is 5.29. The molecule has 10 heteroatoms. The number of aromatic nitrogens is 1. The SMILES string of the molecule is O=C(NCC(O)C(O)c1ccc(O)c([N+](=O)[O-])n1)OCc1ccccc1. The number of nitrogens with zero attached hydrogens (tertiary/aromatic N) is 2. The molecular weight excluding hydrogens is 346 g/mol. The van der Waals surface area contributed by atoms with Gasteiger partial charge >= 0.3 is 11.9 Å². The molecule has 1 aromatic heterocycles. The van der Waals surface area contributed by atoms with E-state index in [-0.39, 0.29) is 18.8 Å². The largest absolute Gasteiger partial charge is 0.501 e. The fourth-order valence-electron chi connectivity index (χ4n) is 2.03. The van der Waals surface area contributed by atoms with Gasteiger partial charge in [0.2, 0.25) is 5.75 Å². The molecule has 1 amide bonds. The number of carbonyl (C=O) groups excluding carboxylic acids is 1. The van der Waals surface area contributed by atoms with Gasteiger partial charge in [-0.15, -0.1) is 0 Å². The van der Waals surface area contributed by atoms with Crippen LogP contribution in [0, 0.1) is 10.1 Å². The molecule has 10 nitrogen and oxygen atoms in total. The van der Waals surface area contributed by atoms with Gasteiger partial charge in [0.1, 0.15) is 18.8 Å². The summed E-state index contributed by atoms with van der Waals surface area (Å²) in [6.07, 6.45) is -3.90. The number of nitrogens with one attached hydrogen (secondary N) is 1. The minimum absolute atomic E-state index is 0.0387. The Morgan fingerprint density at radius 1 is 1.23 bits per heavy atom. The van der Waals surface area contributed by atoms with E-state index in [4.69, 9.17) is 4.74 Å². The number of rotatable bonds is 7. The van der Waals surface area contributed by atoms with E-state index >= 15 is 0 Å². The molecule has 0 radical (unpaired) electrons. The molecule has 2 rings (SSSR count). The predicted molar refractivity (Wildman–Crippen MR) is 88.2 cm³/mol. The van der Waals surface area contributed by atoms with Gasteiger partial charge in [0.15, 0.2) is 5.69 Å². The number of hydrogen-bond donors (Lipinski definition) is 4. The number of pyridine rings is 1. The summed E-state index contributed by atoms with van der Waals surface area (Å²) >= 11 is 0. The highest BCUT2D eigenvalue weighted by atomic mass is 16.6. The molecule has 2 unspecified atom stereocenters. The minimum atomic E-state index is -1.61. The van der Waals surface area contributed by atoms with E-state index in [0.29, 0.717) is 0 Å². The van der Waals surface area contributed by atoms with Crippen LogP contribution in [0.4, 0.5) is 10.6 Å². The van der Waals surface area contributed by atoms with Gasteiger partial charge in [-0.3, -0.25) is 0 Å². The number of aromatic hydroxyl groups is 1. The summed E-state index contributed by atoms with van der Waals surface area (Å²) < 4.78 is 4.95. The van der Waals surface area contributed by atoms with Gasteiger partial charge in [0, 0.05) is 6.54 Å². The van der Waals surface area contributed by atoms with Crippen molar-refractivity contribution in [3.05, 3.63) is 63.8 Å². The van der Waals surface area contributed by atoms with Crippen molar-refractivity contribution in [2.24, 2.45) is 0 Å². The zero-order valence-corrected chi connectivity index (χ0v) is 13.5. The van der Waals surface area contributed by atoms with E-state index in [9.17, 15) is 30.2 Å². The Morgan fingerprint density at radius 3 is 2.58 bits per heavy atom. The fraction of sp³-hybridized carbons (Fsp3) is 0.250. The van der Waals surface area contributed by atoms with Crippen LogP contribution in [0.3, 0.4) is 0 Å². The van der Waals surface area contributed by atoms with Crippen LogP contribution in [-0.2, 0) is 11.3 Å². The van der Waals surface area contributed by atoms with Gasteiger partial charge in [-0.1, -0.05) is 30.3 Å². The average Bonchev–Trinajstić information content (AvgIpc) is 2.64. The molecule has 2 atom stereocenters. The van der Waals surface area contributed by atoms with E-state index in [0.717, 1.165) is 17.7 Å². The number of aliphatic hydroxyl groups is 2. The Bertz CT molecular complexity index is 770. The van der Waals surface area contributed by atoms with Crippen LogP contribution >= 0.6 is 0 Å². The lowest BCUT2D eigenvalue weighted by Gasteiger charge is -2.16. The van der Waals surface area contributed by atoms with Crippen molar-refractivity contribution in [1.82, 2.24) is 10.3 Å². The van der Waals surface area contributed by atoms with Crippen LogP contribution < -0.4 is 5.32 Å². The lowest BCUT2D eigenvalue weighted by Crippen LogP contribution is -2.36. The van der Waals surface area contributed by atoms with Gasteiger partial charge < -0.3 is 35.5 Å². The van der Waals surface area contributed by atoms with Crippen molar-refractivity contribution in [3.63, 3.8) is 0 Å². The van der Waals surface area contributed by atoms with Gasteiger partial charge in [-0.05, 0) is 27.6 Å². The first-order valence-electron chi connectivity index (χ1n) is 7.53. The second-order valence-electron chi connectivity index (χ2n) is 5.29. The van der Waals surface area contributed by atoms with Crippen molar-refractivity contribution in [1.29, 1.82) is 0 Å². The molecular formula is C16H17N3O7. The number of aliphatic hydroxyl groups excluding tert-OH is 2. The Labute approximate surface area is 147 Å². The van der Waals surface area contributed by atoms with Crippen LogP contribution in [0.1, 0.15) is 17.4 Å². The van der Waals surface area contributed by atoms with E-state index in [1.807, 2.05) is 6.07 Å². The Hall–Kier alpha value is -3.24. The molecule has 1 heterocycles. The third-order valence-corrected chi connectivity index (χ3v) is 3.38. The van der Waals surface area contributed by atoms with Gasteiger partial charge in [0.05, 0.1) is 0 Å². The highest BCUT2D eigenvalue weighted by Crippen LogP contribution is 2.26. The summed E-state index contributed by atoms with van der Waals surface area (Å²) in [4.78, 5) is 24.9. The Kier molecular flexibility index (Phi) is 6.42. The quantitative estimate of drug-likeness (QED) is 0.420. The molecule has 0 aliphatic heterocycles. The maximum atomic E-state index is 11.6. The molecule has 0 aliphatic carbocycles. The summed E-state index contributed by atoms with van der Waals surface area (Å²) in [5, 5.41) is 42.2. The Morgan fingerprint density at radius 2 is 1.92 bits per heavy atom. The van der Waals surface area contributed by atoms with Crippen molar-refractivity contribution >= 4 is 11.9 Å². The van der Waals surface area contributed by atoms with E-state index in [1.165, 1.54) is 0 Å². The van der Waals surface area contributed by atoms with Crippen LogP contribution in [0.15, 0.2) is 42.5 Å². The van der Waals surface area contributed by atoms with Crippen LogP contribution in [0.5, 0.6) is 5.75 Å². The highest BCUT2D eigenvalue weighted by molar-refractivity contribution is 5.67. The maximum absolute atomic E-state index is 11.6. The molecule has 0 bridgehead atoms. The lowest BCUT2D eigenvalue weighted by molar-refractivity contribution is -0.390. The van der Waals surface area contributed by atoms with E-state index in [2.05, 4.69) is 10.3 Å². The molecule has 0 fully saturated rings. The highest BCUT2D eigenvalue weighted by Gasteiger charge is 2.27. The number of benzene rings is 1. The molecule has 26 heavy (non-hydrogen) atoms. The lowest BCUT2D eigenvalue weighted by atomic mass is 10.1. The molecule has 0 aliphatic rings. The molecule has 4 N–H and O–H groups in total. The van der Waals surface area contributed by atoms with Crippen LogP contribution in [0.25, 0.3) is 0 Å². The topological polar surface area (TPSA) is 155 Å². The van der Waals surface area contributed by atoms with Crippen molar-refractivity contribution in [2.75, 3.05) is 6.54 Å². The van der Waals surface area contributed by atoms with Crippen LogP contribution in [0.2, 0.25) is 0 Å². The first kappa shape index (κ1) is 19.1. The summed E-state index contributed by atoms with van der Waals surface area (Å²) in [6.45, 7) is -0.331. The third-order valence-electron chi connectivity index (χ3n) is 3.38. The predicted octanol–water partition coefficient (Wildman–Crippen LogP) is 1.02. The normalized spacial score (nSPS) is 12.8. The van der Waals surface area contributed by atoms with E-state index in [1.54, 1.807) is 24.3 Å². The summed E-state index contributed by atoms with van der Waals surface area (Å²) in [5.74, 6) is -1.51. The smallest absolute Gasteiger partial charge is 0.407 e. The molecule has 1 aromatic carbocycles. The van der Waals surface area contributed by atoms with Crippen LogP contribution in [-0.4, -0.2) is 44.0 Å².